The highest BCUT2D eigenvalue weighted by Crippen LogP contribution is 2.28. The Morgan fingerprint density at radius 2 is 2.16 bits per heavy atom. The smallest absolute Gasteiger partial charge is 0.133 e. The Kier molecular flexibility index (Phi) is 3.80. The van der Waals surface area contributed by atoms with Gasteiger partial charge in [0.2, 0.25) is 0 Å². The van der Waals surface area contributed by atoms with E-state index in [-0.39, 0.29) is 12.2 Å². The third-order valence-electron chi connectivity index (χ3n) is 3.73. The van der Waals surface area contributed by atoms with Crippen LogP contribution in [0.5, 0.6) is 0 Å². The number of rotatable bonds is 4. The summed E-state index contributed by atoms with van der Waals surface area (Å²) >= 11 is 0. The number of nitrogens with zero attached hydrogens (tertiary/aromatic N) is 1. The van der Waals surface area contributed by atoms with Gasteiger partial charge in [0.05, 0.1) is 31.6 Å². The van der Waals surface area contributed by atoms with Crippen molar-refractivity contribution in [1.29, 1.82) is 0 Å². The largest absolute Gasteiger partial charge is 0.392 e. The van der Waals surface area contributed by atoms with Crippen LogP contribution < -0.4 is 0 Å². The van der Waals surface area contributed by atoms with Crippen LogP contribution in [-0.2, 0) is 20.9 Å². The number of hydrogen-bond acceptors (Lipinski definition) is 4. The quantitative estimate of drug-likeness (QED) is 0.835. The first-order valence-electron chi connectivity index (χ1n) is 6.79. The molecule has 0 aliphatic carbocycles. The first-order chi connectivity index (χ1) is 9.33. The molecule has 0 saturated carbocycles. The molecule has 0 amide bonds. The molecule has 3 rings (SSSR count). The van der Waals surface area contributed by atoms with E-state index in [0.29, 0.717) is 25.7 Å². The fourth-order valence-corrected chi connectivity index (χ4v) is 2.58. The van der Waals surface area contributed by atoms with Crippen LogP contribution in [0.25, 0.3) is 0 Å². The number of oxime groups is 1. The van der Waals surface area contributed by atoms with Crippen LogP contribution in [0.15, 0.2) is 35.5 Å². The lowest BCUT2D eigenvalue weighted by Gasteiger charge is -2.28. The molecule has 1 fully saturated rings. The average Bonchev–Trinajstić information content (AvgIpc) is 2.82. The van der Waals surface area contributed by atoms with Gasteiger partial charge in [-0.25, -0.2) is 0 Å². The predicted molar refractivity (Wildman–Crippen MR) is 71.9 cm³/mol. The van der Waals surface area contributed by atoms with Crippen LogP contribution in [0.4, 0.5) is 0 Å². The molecule has 0 spiro atoms. The van der Waals surface area contributed by atoms with E-state index in [1.54, 1.807) is 0 Å². The summed E-state index contributed by atoms with van der Waals surface area (Å²) in [6.45, 7) is 3.91. The summed E-state index contributed by atoms with van der Waals surface area (Å²) in [7, 11) is 0. The van der Waals surface area contributed by atoms with Crippen LogP contribution in [0.3, 0.4) is 0 Å². The van der Waals surface area contributed by atoms with Crippen LogP contribution in [0.2, 0.25) is 0 Å². The Bertz CT molecular complexity index is 446. The van der Waals surface area contributed by atoms with Gasteiger partial charge in [0.25, 0.3) is 0 Å². The van der Waals surface area contributed by atoms with Crippen LogP contribution in [0.1, 0.15) is 18.9 Å². The van der Waals surface area contributed by atoms with Crippen molar-refractivity contribution in [2.24, 2.45) is 11.1 Å². The third-order valence-corrected chi connectivity index (χ3v) is 3.73. The molecule has 2 aliphatic rings. The van der Waals surface area contributed by atoms with E-state index in [1.165, 1.54) is 5.56 Å². The Morgan fingerprint density at radius 1 is 1.32 bits per heavy atom. The molecule has 19 heavy (non-hydrogen) atoms. The van der Waals surface area contributed by atoms with E-state index >= 15 is 0 Å². The van der Waals surface area contributed by atoms with Crippen molar-refractivity contribution in [3.8, 4) is 0 Å². The summed E-state index contributed by atoms with van der Waals surface area (Å²) in [5, 5.41) is 4.05. The standard InChI is InChI=1S/C15H19NO3/c1-11-14-7-13(18-10-15(14)16-19-11)9-17-8-12-5-3-2-4-6-12/h2-6,11,13-14H,7-10H2,1H3/t11-,13?,14?/m0/s1. The zero-order chi connectivity index (χ0) is 13.1. The molecular formula is C15H19NO3. The van der Waals surface area contributed by atoms with Crippen LogP contribution >= 0.6 is 0 Å². The maximum Gasteiger partial charge on any atom is 0.133 e. The van der Waals surface area contributed by atoms with Gasteiger partial charge in [0.15, 0.2) is 0 Å². The molecule has 0 N–H and O–H groups in total. The lowest BCUT2D eigenvalue weighted by atomic mass is 9.90. The molecule has 1 aromatic carbocycles. The van der Waals surface area contributed by atoms with Crippen molar-refractivity contribution in [3.05, 3.63) is 35.9 Å². The topological polar surface area (TPSA) is 40.0 Å². The zero-order valence-electron chi connectivity index (χ0n) is 11.1. The van der Waals surface area contributed by atoms with Gasteiger partial charge < -0.3 is 14.3 Å². The average molecular weight is 261 g/mol. The van der Waals surface area contributed by atoms with E-state index in [4.69, 9.17) is 14.3 Å². The monoisotopic (exact) mass is 261 g/mol. The first-order valence-corrected chi connectivity index (χ1v) is 6.79. The molecule has 0 aromatic heterocycles. The van der Waals surface area contributed by atoms with Gasteiger partial charge >= 0.3 is 0 Å². The summed E-state index contributed by atoms with van der Waals surface area (Å²) in [4.78, 5) is 5.29. The molecule has 0 bridgehead atoms. The second-order valence-corrected chi connectivity index (χ2v) is 5.17. The van der Waals surface area contributed by atoms with Gasteiger partial charge in [-0.1, -0.05) is 35.5 Å². The fraction of sp³-hybridized carbons (Fsp3) is 0.533. The van der Waals surface area contributed by atoms with Crippen molar-refractivity contribution in [2.45, 2.75) is 32.2 Å². The van der Waals surface area contributed by atoms with Crippen molar-refractivity contribution in [1.82, 2.24) is 0 Å². The second kappa shape index (κ2) is 5.72. The Morgan fingerprint density at radius 3 is 3.00 bits per heavy atom. The molecular weight excluding hydrogens is 242 g/mol. The van der Waals surface area contributed by atoms with E-state index in [0.717, 1.165) is 12.1 Å². The highest BCUT2D eigenvalue weighted by Gasteiger charge is 2.37. The molecule has 1 aromatic rings. The van der Waals surface area contributed by atoms with Gasteiger partial charge in [0, 0.05) is 5.92 Å². The van der Waals surface area contributed by atoms with Crippen molar-refractivity contribution < 1.29 is 14.3 Å². The highest BCUT2D eigenvalue weighted by atomic mass is 16.6. The number of ether oxygens (including phenoxy) is 2. The molecule has 3 atom stereocenters. The Balaban J connectivity index is 1.45. The van der Waals surface area contributed by atoms with Gasteiger partial charge in [-0.3, -0.25) is 0 Å². The summed E-state index contributed by atoms with van der Waals surface area (Å²) in [6.07, 6.45) is 1.27. The molecule has 0 radical (unpaired) electrons. The molecule has 102 valence electrons. The maximum atomic E-state index is 5.74. The first kappa shape index (κ1) is 12.6. The number of hydrogen-bond donors (Lipinski definition) is 0. The molecule has 2 aliphatic heterocycles. The third kappa shape index (κ3) is 2.96. The summed E-state index contributed by atoms with van der Waals surface area (Å²) in [6, 6.07) is 10.2. The van der Waals surface area contributed by atoms with E-state index in [1.807, 2.05) is 18.2 Å². The Hall–Kier alpha value is -1.39. The van der Waals surface area contributed by atoms with Crippen molar-refractivity contribution in [3.63, 3.8) is 0 Å². The normalized spacial score (nSPS) is 29.5. The minimum atomic E-state index is 0.150. The van der Waals surface area contributed by atoms with Gasteiger partial charge in [-0.2, -0.15) is 0 Å². The fourth-order valence-electron chi connectivity index (χ4n) is 2.58. The van der Waals surface area contributed by atoms with Gasteiger partial charge in [-0.05, 0) is 18.9 Å². The van der Waals surface area contributed by atoms with Gasteiger partial charge in [-0.15, -0.1) is 0 Å². The molecule has 2 unspecified atom stereocenters. The molecule has 4 nitrogen and oxygen atoms in total. The van der Waals surface area contributed by atoms with E-state index < -0.39 is 0 Å². The summed E-state index contributed by atoms with van der Waals surface area (Å²) in [5.41, 5.74) is 2.24. The van der Waals surface area contributed by atoms with E-state index in [2.05, 4.69) is 24.2 Å². The summed E-state index contributed by atoms with van der Waals surface area (Å²) < 4.78 is 11.5. The molecule has 1 saturated heterocycles. The lowest BCUT2D eigenvalue weighted by Crippen LogP contribution is -2.38. The number of benzene rings is 1. The van der Waals surface area contributed by atoms with Crippen LogP contribution in [0, 0.1) is 5.92 Å². The maximum absolute atomic E-state index is 5.74. The second-order valence-electron chi connectivity index (χ2n) is 5.17. The highest BCUT2D eigenvalue weighted by molar-refractivity contribution is 5.89. The number of fused-ring (bicyclic) bond motifs is 1. The molecule has 2 heterocycles. The van der Waals surface area contributed by atoms with Crippen molar-refractivity contribution in [2.75, 3.05) is 13.2 Å². The minimum absolute atomic E-state index is 0.150. The van der Waals surface area contributed by atoms with E-state index in [9.17, 15) is 0 Å². The van der Waals surface area contributed by atoms with Crippen LogP contribution in [-0.4, -0.2) is 31.1 Å². The zero-order valence-corrected chi connectivity index (χ0v) is 11.1. The van der Waals surface area contributed by atoms with Crippen molar-refractivity contribution >= 4 is 5.71 Å². The van der Waals surface area contributed by atoms with Gasteiger partial charge in [0.1, 0.15) is 6.10 Å². The Labute approximate surface area is 113 Å². The minimum Gasteiger partial charge on any atom is -0.392 e. The molecule has 4 heteroatoms. The lowest BCUT2D eigenvalue weighted by molar-refractivity contribution is -0.0337. The summed E-state index contributed by atoms with van der Waals surface area (Å²) in [5.74, 6) is 0.402. The SMILES string of the molecule is C[C@@H]1ON=C2COC(COCc3ccccc3)CC21. The predicted octanol–water partition coefficient (Wildman–Crippen LogP) is 2.38.